The predicted molar refractivity (Wildman–Crippen MR) is 89.9 cm³/mol. The Morgan fingerprint density at radius 3 is 2.75 bits per heavy atom. The van der Waals surface area contributed by atoms with E-state index in [0.29, 0.717) is 29.7 Å². The van der Waals surface area contributed by atoms with Crippen molar-refractivity contribution in [3.8, 4) is 17.0 Å². The molecular weight excluding hydrogens is 308 g/mol. The second-order valence-corrected chi connectivity index (χ2v) is 5.88. The number of hydrogen-bond donors (Lipinski definition) is 0. The van der Waals surface area contributed by atoms with Gasteiger partial charge in [0.2, 0.25) is 0 Å². The zero-order chi connectivity index (χ0) is 16.9. The quantitative estimate of drug-likeness (QED) is 0.589. The highest BCUT2D eigenvalue weighted by atomic mass is 16.6. The van der Waals surface area contributed by atoms with Crippen LogP contribution in [0, 0.1) is 10.1 Å². The lowest BCUT2D eigenvalue weighted by Crippen LogP contribution is -2.08. The van der Waals surface area contributed by atoms with Crippen LogP contribution in [0.4, 0.5) is 5.69 Å². The van der Waals surface area contributed by atoms with Crippen molar-refractivity contribution in [2.24, 2.45) is 0 Å². The van der Waals surface area contributed by atoms with Gasteiger partial charge in [0.05, 0.1) is 30.4 Å². The molecule has 3 rings (SSSR count). The molecule has 0 spiro atoms. The van der Waals surface area contributed by atoms with Gasteiger partial charge in [0.25, 0.3) is 5.69 Å². The summed E-state index contributed by atoms with van der Waals surface area (Å²) in [6.45, 7) is 0.441. The Kier molecular flexibility index (Phi) is 5.05. The van der Waals surface area contributed by atoms with Crippen molar-refractivity contribution >= 4 is 5.69 Å². The van der Waals surface area contributed by atoms with Crippen LogP contribution in [-0.2, 0) is 11.3 Å². The molecule has 126 valence electrons. The van der Waals surface area contributed by atoms with E-state index in [9.17, 15) is 10.1 Å². The summed E-state index contributed by atoms with van der Waals surface area (Å²) in [6, 6.07) is 10.1. The average Bonchev–Trinajstić information content (AvgIpc) is 3.13. The van der Waals surface area contributed by atoms with E-state index in [1.54, 1.807) is 19.2 Å². The lowest BCUT2D eigenvalue weighted by Gasteiger charge is -2.13. The van der Waals surface area contributed by atoms with Crippen LogP contribution in [0.1, 0.15) is 31.4 Å². The summed E-state index contributed by atoms with van der Waals surface area (Å²) in [6.07, 6.45) is 4.97. The summed E-state index contributed by atoms with van der Waals surface area (Å²) in [5.41, 5.74) is 2.07. The third-order valence-electron chi connectivity index (χ3n) is 4.24. The van der Waals surface area contributed by atoms with Gasteiger partial charge in [-0.15, -0.1) is 0 Å². The Morgan fingerprint density at radius 2 is 2.04 bits per heavy atom. The first-order valence-corrected chi connectivity index (χ1v) is 8.07. The maximum atomic E-state index is 11.0. The summed E-state index contributed by atoms with van der Waals surface area (Å²) in [7, 11) is 1.56. The number of non-ortho nitro benzene ring substituents is 1. The lowest BCUT2D eigenvalue weighted by atomic mass is 10.1. The molecule has 1 aromatic carbocycles. The molecule has 6 nitrogen and oxygen atoms in total. The minimum absolute atomic E-state index is 0.0314. The summed E-state index contributed by atoms with van der Waals surface area (Å²) >= 11 is 0. The molecule has 0 N–H and O–H groups in total. The molecular formula is C18H20N2O4. The largest absolute Gasteiger partial charge is 0.494 e. The van der Waals surface area contributed by atoms with Crippen molar-refractivity contribution in [1.82, 2.24) is 4.98 Å². The first-order valence-electron chi connectivity index (χ1n) is 8.07. The molecule has 6 heteroatoms. The number of nitro benzene ring substituents is 1. The van der Waals surface area contributed by atoms with Crippen molar-refractivity contribution in [2.45, 2.75) is 38.4 Å². The zero-order valence-corrected chi connectivity index (χ0v) is 13.6. The van der Waals surface area contributed by atoms with Crippen molar-refractivity contribution in [3.05, 3.63) is 52.2 Å². The van der Waals surface area contributed by atoms with Gasteiger partial charge in [0.15, 0.2) is 0 Å². The molecule has 0 radical (unpaired) electrons. The van der Waals surface area contributed by atoms with Crippen LogP contribution in [0.5, 0.6) is 5.75 Å². The average molecular weight is 328 g/mol. The van der Waals surface area contributed by atoms with Gasteiger partial charge < -0.3 is 9.47 Å². The Morgan fingerprint density at radius 1 is 1.25 bits per heavy atom. The van der Waals surface area contributed by atoms with Crippen molar-refractivity contribution in [2.75, 3.05) is 7.11 Å². The molecule has 24 heavy (non-hydrogen) atoms. The number of benzene rings is 1. The maximum absolute atomic E-state index is 11.0. The molecule has 0 saturated heterocycles. The topological polar surface area (TPSA) is 74.5 Å². The van der Waals surface area contributed by atoms with Gasteiger partial charge in [-0.05, 0) is 25.0 Å². The number of ether oxygens (including phenoxy) is 2. The fourth-order valence-electron chi connectivity index (χ4n) is 2.96. The molecule has 0 aliphatic heterocycles. The second kappa shape index (κ2) is 7.40. The monoisotopic (exact) mass is 328 g/mol. The van der Waals surface area contributed by atoms with Gasteiger partial charge in [-0.2, -0.15) is 0 Å². The van der Waals surface area contributed by atoms with Crippen LogP contribution >= 0.6 is 0 Å². The fraction of sp³-hybridized carbons (Fsp3) is 0.389. The van der Waals surface area contributed by atoms with Crippen LogP contribution < -0.4 is 4.74 Å². The van der Waals surface area contributed by atoms with Crippen LogP contribution in [0.25, 0.3) is 11.3 Å². The van der Waals surface area contributed by atoms with E-state index in [0.717, 1.165) is 18.5 Å². The highest BCUT2D eigenvalue weighted by Crippen LogP contribution is 2.31. The van der Waals surface area contributed by atoms with E-state index in [1.165, 1.54) is 25.0 Å². The molecule has 1 aliphatic carbocycles. The predicted octanol–water partition coefficient (Wildman–Crippen LogP) is 4.12. The van der Waals surface area contributed by atoms with Crippen LogP contribution in [0.3, 0.4) is 0 Å². The third kappa shape index (κ3) is 3.71. The number of aromatic nitrogens is 1. The minimum Gasteiger partial charge on any atom is -0.494 e. The second-order valence-electron chi connectivity index (χ2n) is 5.88. The standard InChI is InChI=1S/C18H20N2O4/c1-23-17-10-9-14(12-24-16-7-2-3-8-16)19-18(17)13-5-4-6-15(11-13)20(21)22/h4-6,9-11,16H,2-3,7-8,12H2,1H3. The molecule has 1 aromatic heterocycles. The van der Waals surface area contributed by atoms with Gasteiger partial charge in [-0.3, -0.25) is 10.1 Å². The Hall–Kier alpha value is -2.47. The highest BCUT2D eigenvalue weighted by Gasteiger charge is 2.17. The molecule has 1 fully saturated rings. The normalized spacial score (nSPS) is 14.7. The van der Waals surface area contributed by atoms with Crippen LogP contribution in [0.15, 0.2) is 36.4 Å². The Labute approximate surface area is 140 Å². The van der Waals surface area contributed by atoms with E-state index < -0.39 is 4.92 Å². The van der Waals surface area contributed by atoms with E-state index in [1.807, 2.05) is 12.1 Å². The van der Waals surface area contributed by atoms with Gasteiger partial charge in [-0.25, -0.2) is 4.98 Å². The highest BCUT2D eigenvalue weighted by molar-refractivity contribution is 5.68. The van der Waals surface area contributed by atoms with Crippen LogP contribution in [0.2, 0.25) is 0 Å². The number of methoxy groups -OCH3 is 1. The van der Waals surface area contributed by atoms with E-state index in [2.05, 4.69) is 4.98 Å². The number of nitrogens with zero attached hydrogens (tertiary/aromatic N) is 2. The molecule has 0 amide bonds. The van der Waals surface area contributed by atoms with Gasteiger partial charge in [0.1, 0.15) is 11.4 Å². The van der Waals surface area contributed by atoms with Crippen molar-refractivity contribution in [3.63, 3.8) is 0 Å². The lowest BCUT2D eigenvalue weighted by molar-refractivity contribution is -0.384. The molecule has 0 bridgehead atoms. The summed E-state index contributed by atoms with van der Waals surface area (Å²) in [5.74, 6) is 0.583. The summed E-state index contributed by atoms with van der Waals surface area (Å²) in [5, 5.41) is 11.0. The third-order valence-corrected chi connectivity index (χ3v) is 4.24. The van der Waals surface area contributed by atoms with E-state index in [4.69, 9.17) is 9.47 Å². The SMILES string of the molecule is COc1ccc(COC2CCCC2)nc1-c1cccc([N+](=O)[O-])c1. The fourth-order valence-corrected chi connectivity index (χ4v) is 2.96. The molecule has 1 heterocycles. The summed E-state index contributed by atoms with van der Waals surface area (Å²) in [4.78, 5) is 15.2. The van der Waals surface area contributed by atoms with Gasteiger partial charge >= 0.3 is 0 Å². The molecule has 1 aliphatic rings. The van der Waals surface area contributed by atoms with Crippen molar-refractivity contribution in [1.29, 1.82) is 0 Å². The molecule has 2 aromatic rings. The maximum Gasteiger partial charge on any atom is 0.270 e. The van der Waals surface area contributed by atoms with Gasteiger partial charge in [-0.1, -0.05) is 25.0 Å². The Balaban J connectivity index is 1.86. The Bertz CT molecular complexity index is 727. The van der Waals surface area contributed by atoms with Crippen molar-refractivity contribution < 1.29 is 14.4 Å². The van der Waals surface area contributed by atoms with E-state index in [-0.39, 0.29) is 5.69 Å². The molecule has 0 unspecified atom stereocenters. The number of rotatable bonds is 6. The van der Waals surface area contributed by atoms with Crippen LogP contribution in [-0.4, -0.2) is 23.1 Å². The first kappa shape index (κ1) is 16.4. The number of nitro groups is 1. The molecule has 0 atom stereocenters. The number of pyridine rings is 1. The molecule has 1 saturated carbocycles. The number of hydrogen-bond acceptors (Lipinski definition) is 5. The summed E-state index contributed by atoms with van der Waals surface area (Å²) < 4.78 is 11.3. The van der Waals surface area contributed by atoms with E-state index >= 15 is 0 Å². The smallest absolute Gasteiger partial charge is 0.270 e. The zero-order valence-electron chi connectivity index (χ0n) is 13.6. The minimum atomic E-state index is -0.414. The van der Waals surface area contributed by atoms with Gasteiger partial charge in [0, 0.05) is 17.7 Å². The first-order chi connectivity index (χ1) is 11.7.